The summed E-state index contributed by atoms with van der Waals surface area (Å²) >= 11 is 0. The summed E-state index contributed by atoms with van der Waals surface area (Å²) in [6.07, 6.45) is 4.03. The Morgan fingerprint density at radius 1 is 1.00 bits per heavy atom. The SMILES string of the molecule is Cc1c2c(n(Cc3ccc(F)c(F)c3)c1C(=O)N(C)Cc1ccccc1)CCCC2. The highest BCUT2D eigenvalue weighted by molar-refractivity contribution is 5.95. The number of hydrogen-bond acceptors (Lipinski definition) is 1. The van der Waals surface area contributed by atoms with Gasteiger partial charge in [0.1, 0.15) is 5.69 Å². The quantitative estimate of drug-likeness (QED) is 0.564. The Kier molecular flexibility index (Phi) is 5.71. The van der Waals surface area contributed by atoms with Crippen molar-refractivity contribution in [3.8, 4) is 0 Å². The summed E-state index contributed by atoms with van der Waals surface area (Å²) in [5.41, 5.74) is 5.77. The van der Waals surface area contributed by atoms with Gasteiger partial charge < -0.3 is 9.47 Å². The highest BCUT2D eigenvalue weighted by Gasteiger charge is 2.28. The van der Waals surface area contributed by atoms with E-state index in [9.17, 15) is 13.6 Å². The zero-order chi connectivity index (χ0) is 21.3. The Labute approximate surface area is 175 Å². The summed E-state index contributed by atoms with van der Waals surface area (Å²) in [4.78, 5) is 15.2. The molecule has 1 heterocycles. The van der Waals surface area contributed by atoms with Crippen molar-refractivity contribution in [2.24, 2.45) is 0 Å². The second-order valence-electron chi connectivity index (χ2n) is 8.09. The minimum atomic E-state index is -0.862. The molecule has 0 radical (unpaired) electrons. The maximum Gasteiger partial charge on any atom is 0.270 e. The summed E-state index contributed by atoms with van der Waals surface area (Å²) in [6, 6.07) is 13.8. The van der Waals surface area contributed by atoms with Crippen molar-refractivity contribution < 1.29 is 13.6 Å². The fourth-order valence-electron chi connectivity index (χ4n) is 4.45. The lowest BCUT2D eigenvalue weighted by Crippen LogP contribution is -2.29. The minimum absolute atomic E-state index is 0.0478. The molecule has 5 heteroatoms. The van der Waals surface area contributed by atoms with Gasteiger partial charge in [0, 0.05) is 25.8 Å². The standard InChI is InChI=1S/C25H26F2N2O/c1-17-20-10-6-7-11-23(20)29(16-19-12-13-21(26)22(27)14-19)24(17)25(30)28(2)15-18-8-4-3-5-9-18/h3-5,8-9,12-14H,6-7,10-11,15-16H2,1-2H3. The largest absolute Gasteiger partial charge is 0.336 e. The first kappa shape index (κ1) is 20.3. The Morgan fingerprint density at radius 3 is 2.47 bits per heavy atom. The third-order valence-corrected chi connectivity index (χ3v) is 5.98. The first-order valence-corrected chi connectivity index (χ1v) is 10.4. The number of nitrogens with zero attached hydrogens (tertiary/aromatic N) is 2. The van der Waals surface area contributed by atoms with Crippen LogP contribution >= 0.6 is 0 Å². The molecule has 3 aromatic rings. The molecule has 1 aliphatic rings. The predicted molar refractivity (Wildman–Crippen MR) is 114 cm³/mol. The number of amides is 1. The third kappa shape index (κ3) is 3.89. The van der Waals surface area contributed by atoms with E-state index in [-0.39, 0.29) is 5.91 Å². The van der Waals surface area contributed by atoms with Crippen LogP contribution in [0.2, 0.25) is 0 Å². The summed E-state index contributed by atoms with van der Waals surface area (Å²) < 4.78 is 29.2. The molecule has 0 unspecified atom stereocenters. The molecule has 2 aromatic carbocycles. The van der Waals surface area contributed by atoms with Crippen molar-refractivity contribution in [2.75, 3.05) is 7.05 Å². The van der Waals surface area contributed by atoms with E-state index in [2.05, 4.69) is 0 Å². The summed E-state index contributed by atoms with van der Waals surface area (Å²) in [7, 11) is 1.81. The molecule has 30 heavy (non-hydrogen) atoms. The average molecular weight is 408 g/mol. The van der Waals surface area contributed by atoms with E-state index < -0.39 is 11.6 Å². The number of carbonyl (C=O) groups excluding carboxylic acids is 1. The molecule has 3 nitrogen and oxygen atoms in total. The van der Waals surface area contributed by atoms with Crippen molar-refractivity contribution in [1.82, 2.24) is 9.47 Å². The number of carbonyl (C=O) groups is 1. The molecule has 0 aliphatic heterocycles. The molecule has 0 saturated carbocycles. The van der Waals surface area contributed by atoms with Crippen LogP contribution in [0.3, 0.4) is 0 Å². The molecule has 0 bridgehead atoms. The second-order valence-corrected chi connectivity index (χ2v) is 8.09. The molecule has 1 aromatic heterocycles. The van der Waals surface area contributed by atoms with Gasteiger partial charge in [-0.05, 0) is 67.0 Å². The van der Waals surface area contributed by atoms with Crippen molar-refractivity contribution in [1.29, 1.82) is 0 Å². The number of aromatic nitrogens is 1. The Balaban J connectivity index is 1.71. The molecule has 1 aliphatic carbocycles. The van der Waals surface area contributed by atoms with Crippen molar-refractivity contribution in [2.45, 2.75) is 45.7 Å². The third-order valence-electron chi connectivity index (χ3n) is 5.98. The molecule has 0 N–H and O–H groups in total. The van der Waals surface area contributed by atoms with Gasteiger partial charge in [0.05, 0.1) is 0 Å². The Bertz CT molecular complexity index is 1070. The molecule has 0 spiro atoms. The Morgan fingerprint density at radius 2 is 1.73 bits per heavy atom. The highest BCUT2D eigenvalue weighted by atomic mass is 19.2. The van der Waals surface area contributed by atoms with Gasteiger partial charge in [-0.3, -0.25) is 4.79 Å². The lowest BCUT2D eigenvalue weighted by atomic mass is 9.95. The van der Waals surface area contributed by atoms with Crippen LogP contribution in [0, 0.1) is 18.6 Å². The van der Waals surface area contributed by atoms with Crippen LogP contribution in [-0.4, -0.2) is 22.4 Å². The normalized spacial score (nSPS) is 13.2. The predicted octanol–water partition coefficient (Wildman–Crippen LogP) is 5.27. The van der Waals surface area contributed by atoms with E-state index in [0.717, 1.165) is 48.6 Å². The van der Waals surface area contributed by atoms with Crippen LogP contribution in [0.4, 0.5) is 8.78 Å². The second kappa shape index (κ2) is 8.42. The number of halogens is 2. The number of benzene rings is 2. The van der Waals surface area contributed by atoms with E-state index in [1.807, 2.05) is 48.9 Å². The van der Waals surface area contributed by atoms with Gasteiger partial charge >= 0.3 is 0 Å². The lowest BCUT2D eigenvalue weighted by molar-refractivity contribution is 0.0773. The van der Waals surface area contributed by atoms with Gasteiger partial charge in [-0.25, -0.2) is 8.78 Å². The maximum atomic E-state index is 13.8. The van der Waals surface area contributed by atoms with Crippen LogP contribution in [0.25, 0.3) is 0 Å². The molecular formula is C25H26F2N2O. The molecule has 0 fully saturated rings. The summed E-state index contributed by atoms with van der Waals surface area (Å²) in [6.45, 7) is 2.88. The zero-order valence-corrected chi connectivity index (χ0v) is 17.4. The molecular weight excluding hydrogens is 382 g/mol. The van der Waals surface area contributed by atoms with Gasteiger partial charge in [-0.15, -0.1) is 0 Å². The van der Waals surface area contributed by atoms with E-state index in [4.69, 9.17) is 0 Å². The van der Waals surface area contributed by atoms with Crippen molar-refractivity contribution in [3.63, 3.8) is 0 Å². The lowest BCUT2D eigenvalue weighted by Gasteiger charge is -2.21. The van der Waals surface area contributed by atoms with Crippen molar-refractivity contribution in [3.05, 3.63) is 93.8 Å². The van der Waals surface area contributed by atoms with E-state index >= 15 is 0 Å². The molecule has 4 rings (SSSR count). The van der Waals surface area contributed by atoms with E-state index in [1.165, 1.54) is 11.6 Å². The van der Waals surface area contributed by atoms with Gasteiger partial charge in [-0.1, -0.05) is 36.4 Å². The molecule has 0 saturated heterocycles. The molecule has 0 atom stereocenters. The fraction of sp³-hybridized carbons (Fsp3) is 0.320. The Hall–Kier alpha value is -2.95. The number of hydrogen-bond donors (Lipinski definition) is 0. The average Bonchev–Trinajstić information content (AvgIpc) is 3.03. The summed E-state index contributed by atoms with van der Waals surface area (Å²) in [5.74, 6) is -1.77. The van der Waals surface area contributed by atoms with Crippen LogP contribution in [0.15, 0.2) is 48.5 Å². The minimum Gasteiger partial charge on any atom is -0.336 e. The monoisotopic (exact) mass is 408 g/mol. The summed E-state index contributed by atoms with van der Waals surface area (Å²) in [5, 5.41) is 0. The van der Waals surface area contributed by atoms with Gasteiger partial charge in [0.25, 0.3) is 5.91 Å². The molecule has 156 valence electrons. The van der Waals surface area contributed by atoms with E-state index in [0.29, 0.717) is 24.3 Å². The van der Waals surface area contributed by atoms with Crippen LogP contribution in [-0.2, 0) is 25.9 Å². The maximum absolute atomic E-state index is 13.8. The fourth-order valence-corrected chi connectivity index (χ4v) is 4.45. The van der Waals surface area contributed by atoms with Crippen LogP contribution < -0.4 is 0 Å². The van der Waals surface area contributed by atoms with Gasteiger partial charge in [0.15, 0.2) is 11.6 Å². The smallest absolute Gasteiger partial charge is 0.270 e. The van der Waals surface area contributed by atoms with Gasteiger partial charge in [-0.2, -0.15) is 0 Å². The first-order chi connectivity index (χ1) is 14.5. The highest BCUT2D eigenvalue weighted by Crippen LogP contribution is 2.31. The van der Waals surface area contributed by atoms with Gasteiger partial charge in [0.2, 0.25) is 0 Å². The first-order valence-electron chi connectivity index (χ1n) is 10.4. The van der Waals surface area contributed by atoms with Crippen LogP contribution in [0.1, 0.15) is 51.3 Å². The zero-order valence-electron chi connectivity index (χ0n) is 17.4. The number of rotatable bonds is 5. The van der Waals surface area contributed by atoms with Crippen LogP contribution in [0.5, 0.6) is 0 Å². The van der Waals surface area contributed by atoms with Crippen molar-refractivity contribution >= 4 is 5.91 Å². The van der Waals surface area contributed by atoms with E-state index in [1.54, 1.807) is 11.0 Å². The molecule has 1 amide bonds. The topological polar surface area (TPSA) is 25.2 Å². The number of fused-ring (bicyclic) bond motifs is 1.